The van der Waals surface area contributed by atoms with Gasteiger partial charge in [-0.1, -0.05) is 243 Å². The van der Waals surface area contributed by atoms with E-state index in [-0.39, 0.29) is 0 Å². The van der Waals surface area contributed by atoms with Crippen LogP contribution < -0.4 is 20.7 Å². The van der Waals surface area contributed by atoms with Crippen LogP contribution in [0.1, 0.15) is 0 Å². The summed E-state index contributed by atoms with van der Waals surface area (Å²) >= 11 is 0. The fourth-order valence-corrected chi connectivity index (χ4v) is 19.0. The molecule has 0 amide bonds. The van der Waals surface area contributed by atoms with Gasteiger partial charge in [-0.25, -0.2) is 0 Å². The summed E-state index contributed by atoms with van der Waals surface area (Å²) in [6, 6.07) is 118. The van der Waals surface area contributed by atoms with Crippen LogP contribution in [-0.4, -0.2) is 26.3 Å². The summed E-state index contributed by atoms with van der Waals surface area (Å²) in [5, 5.41) is 15.1. The highest BCUT2D eigenvalue weighted by molar-refractivity contribution is 7.20. The molecule has 0 saturated carbocycles. The maximum Gasteiger partial charge on any atom is 0.179 e. The number of nitrogens with zero attached hydrogens (tertiary/aromatic N) is 4. The maximum atomic E-state index is 2.57. The molecule has 17 rings (SSSR count). The molecule has 388 valence electrons. The second kappa shape index (κ2) is 18.7. The quantitative estimate of drug-likeness (QED) is 0.101. The molecule has 4 nitrogen and oxygen atoms in total. The van der Waals surface area contributed by atoms with Crippen LogP contribution in [0.25, 0.3) is 121 Å². The van der Waals surface area contributed by atoms with Crippen molar-refractivity contribution in [2.45, 2.75) is 0 Å². The van der Waals surface area contributed by atoms with Crippen molar-refractivity contribution >= 4 is 116 Å². The number of benzene rings is 13. The predicted molar refractivity (Wildman–Crippen MR) is 353 cm³/mol. The van der Waals surface area contributed by atoms with Gasteiger partial charge < -0.3 is 18.3 Å². The standard InChI is InChI=1S/C78H52N4Si/c1-5-25-53(26-6-1)59-33-13-19-39-68(59)80-71-42-22-18-38-64(71)67-51-77(81-72-43-23-16-36-62(72)65-49-54(45-47-74(65)81)79-69-40-20-14-34-60(69)61-35-15-21-41-70(61)79)78(52-76(67)80)82-73-44-24-17-37-63(73)66-50-58(46-48-75(66)82)83(55-27-7-2-8-28-55,56-29-9-3-10-30-56)57-31-11-4-12-32-57/h1-52H. The molecule has 0 bridgehead atoms. The Labute approximate surface area is 480 Å². The van der Waals surface area contributed by atoms with Crippen LogP contribution in [-0.2, 0) is 0 Å². The van der Waals surface area contributed by atoms with E-state index >= 15 is 0 Å². The first-order valence-electron chi connectivity index (χ1n) is 28.7. The van der Waals surface area contributed by atoms with Crippen molar-refractivity contribution in [1.29, 1.82) is 0 Å². The molecule has 0 atom stereocenters. The number of rotatable bonds is 9. The highest BCUT2D eigenvalue weighted by Crippen LogP contribution is 2.44. The van der Waals surface area contributed by atoms with Crippen molar-refractivity contribution < 1.29 is 0 Å². The Bertz CT molecular complexity index is 5230. The number of aromatic nitrogens is 4. The maximum absolute atomic E-state index is 2.90. The molecule has 0 aliphatic carbocycles. The summed E-state index contributed by atoms with van der Waals surface area (Å²) in [6.45, 7) is 0. The monoisotopic (exact) mass is 1070 g/mol. The molecule has 0 fully saturated rings. The van der Waals surface area contributed by atoms with Gasteiger partial charge in [0.1, 0.15) is 0 Å². The molecule has 0 aliphatic rings. The van der Waals surface area contributed by atoms with Crippen LogP contribution in [0.4, 0.5) is 0 Å². The van der Waals surface area contributed by atoms with E-state index in [1.807, 2.05) is 0 Å². The summed E-state index contributed by atoms with van der Waals surface area (Å²) in [5.74, 6) is 0. The van der Waals surface area contributed by atoms with Crippen LogP contribution in [0.3, 0.4) is 0 Å². The van der Waals surface area contributed by atoms with E-state index in [0.29, 0.717) is 0 Å². The van der Waals surface area contributed by atoms with Crippen molar-refractivity contribution in [2.24, 2.45) is 0 Å². The molecule has 0 aliphatic heterocycles. The van der Waals surface area contributed by atoms with Crippen LogP contribution in [0.15, 0.2) is 315 Å². The van der Waals surface area contributed by atoms with E-state index in [1.54, 1.807) is 0 Å². The van der Waals surface area contributed by atoms with Gasteiger partial charge in [0.15, 0.2) is 8.07 Å². The Balaban J connectivity index is 0.995. The van der Waals surface area contributed by atoms with Gasteiger partial charge in [0.25, 0.3) is 0 Å². The molecule has 0 spiro atoms. The molecule has 0 radical (unpaired) electrons. The zero-order valence-corrected chi connectivity index (χ0v) is 46.3. The van der Waals surface area contributed by atoms with Crippen LogP contribution in [0.5, 0.6) is 0 Å². The van der Waals surface area contributed by atoms with Crippen LogP contribution in [0.2, 0.25) is 0 Å². The summed E-state index contributed by atoms with van der Waals surface area (Å²) in [7, 11) is -2.90. The van der Waals surface area contributed by atoms with E-state index in [1.165, 1.54) is 86.0 Å². The minimum Gasteiger partial charge on any atom is -0.309 e. The molecule has 17 aromatic rings. The lowest BCUT2D eigenvalue weighted by molar-refractivity contribution is 1.09. The molecular weight excluding hydrogens is 1020 g/mol. The van der Waals surface area contributed by atoms with Crippen LogP contribution >= 0.6 is 0 Å². The van der Waals surface area contributed by atoms with Gasteiger partial charge in [0.05, 0.1) is 61.2 Å². The Kier molecular flexibility index (Phi) is 10.6. The van der Waals surface area contributed by atoms with E-state index in [0.717, 1.165) is 55.8 Å². The van der Waals surface area contributed by atoms with Gasteiger partial charge in [-0.3, -0.25) is 0 Å². The van der Waals surface area contributed by atoms with Gasteiger partial charge in [0.2, 0.25) is 0 Å². The molecule has 0 unspecified atom stereocenters. The van der Waals surface area contributed by atoms with Crippen LogP contribution in [0, 0.1) is 0 Å². The molecular formula is C78H52N4Si. The lowest BCUT2D eigenvalue weighted by Crippen LogP contribution is -2.74. The first-order valence-corrected chi connectivity index (χ1v) is 30.7. The van der Waals surface area contributed by atoms with Crippen molar-refractivity contribution in [1.82, 2.24) is 18.3 Å². The molecule has 5 heteroatoms. The van der Waals surface area contributed by atoms with Gasteiger partial charge in [-0.05, 0) is 99.1 Å². The number of hydrogen-bond donors (Lipinski definition) is 0. The topological polar surface area (TPSA) is 19.7 Å². The lowest BCUT2D eigenvalue weighted by atomic mass is 10.0. The SMILES string of the molecule is c1ccc(-c2ccccc2-n2c3ccccc3c3cc(-n4c5ccccc5c5cc(-n6c7ccccc7c7ccccc76)ccc54)c(-n4c5ccccc5c5cc([Si](c6ccccc6)(c6ccccc6)c6ccccc6)ccc54)cc32)cc1. The summed E-state index contributed by atoms with van der Waals surface area (Å²) in [5.41, 5.74) is 16.1. The average molecular weight is 1070 g/mol. The Morgan fingerprint density at radius 2 is 0.542 bits per heavy atom. The Morgan fingerprint density at radius 3 is 1.05 bits per heavy atom. The molecule has 4 heterocycles. The number of para-hydroxylation sites is 6. The minimum absolute atomic E-state index is 1.09. The van der Waals surface area contributed by atoms with E-state index in [4.69, 9.17) is 0 Å². The fourth-order valence-electron chi connectivity index (χ4n) is 14.2. The van der Waals surface area contributed by atoms with Crippen molar-refractivity contribution in [3.8, 4) is 33.9 Å². The van der Waals surface area contributed by atoms with Gasteiger partial charge in [-0.2, -0.15) is 0 Å². The molecule has 0 N–H and O–H groups in total. The fraction of sp³-hybridized carbons (Fsp3) is 0. The van der Waals surface area contributed by atoms with Crippen molar-refractivity contribution in [3.63, 3.8) is 0 Å². The van der Waals surface area contributed by atoms with E-state index < -0.39 is 8.07 Å². The third kappa shape index (κ3) is 6.99. The highest BCUT2D eigenvalue weighted by Gasteiger charge is 2.42. The Hall–Kier alpha value is -10.7. The largest absolute Gasteiger partial charge is 0.309 e. The molecule has 4 aromatic heterocycles. The molecule has 83 heavy (non-hydrogen) atoms. The summed E-state index contributed by atoms with van der Waals surface area (Å²) in [6.07, 6.45) is 0. The predicted octanol–water partition coefficient (Wildman–Crippen LogP) is 17.1. The lowest BCUT2D eigenvalue weighted by Gasteiger charge is -2.34. The average Bonchev–Trinajstić information content (AvgIpc) is 2.32. The van der Waals surface area contributed by atoms with E-state index in [2.05, 4.69) is 334 Å². The molecule has 0 saturated heterocycles. The first kappa shape index (κ1) is 47.1. The number of hydrogen-bond acceptors (Lipinski definition) is 0. The smallest absolute Gasteiger partial charge is 0.179 e. The zero-order valence-electron chi connectivity index (χ0n) is 45.3. The zero-order chi connectivity index (χ0) is 54.6. The van der Waals surface area contributed by atoms with Gasteiger partial charge in [0, 0.05) is 54.3 Å². The Morgan fingerprint density at radius 1 is 0.193 bits per heavy atom. The first-order chi connectivity index (χ1) is 41.2. The third-order valence-corrected chi connectivity index (χ3v) is 22.5. The van der Waals surface area contributed by atoms with Crippen molar-refractivity contribution in [3.05, 3.63) is 315 Å². The highest BCUT2D eigenvalue weighted by atomic mass is 28.3. The summed E-state index contributed by atoms with van der Waals surface area (Å²) < 4.78 is 10.1. The van der Waals surface area contributed by atoms with E-state index in [9.17, 15) is 0 Å². The van der Waals surface area contributed by atoms with Gasteiger partial charge >= 0.3 is 0 Å². The van der Waals surface area contributed by atoms with Gasteiger partial charge in [-0.15, -0.1) is 0 Å². The van der Waals surface area contributed by atoms with Crippen molar-refractivity contribution in [2.75, 3.05) is 0 Å². The minimum atomic E-state index is -2.90. The second-order valence-electron chi connectivity index (χ2n) is 22.0. The second-order valence-corrected chi connectivity index (χ2v) is 25.8. The third-order valence-electron chi connectivity index (χ3n) is 17.7. The number of fused-ring (bicyclic) bond motifs is 12. The normalized spacial score (nSPS) is 12.1. The summed E-state index contributed by atoms with van der Waals surface area (Å²) in [4.78, 5) is 0. The molecule has 13 aromatic carbocycles.